The minimum atomic E-state index is -2.74. The molecular weight excluding hydrogens is 300 g/mol. The Morgan fingerprint density at radius 1 is 0.818 bits per heavy atom. The molecule has 0 bridgehead atoms. The first-order valence-corrected chi connectivity index (χ1v) is 9.62. The molecule has 0 N–H and O–H groups in total. The SMILES string of the molecule is CCO[Si](Cc1cc(OC)c(C)c(OC)c1)(OCC)OCC. The maximum atomic E-state index is 5.90. The molecule has 1 aromatic rings. The van der Waals surface area contributed by atoms with Crippen LogP contribution in [0.2, 0.25) is 0 Å². The molecule has 0 aliphatic carbocycles. The van der Waals surface area contributed by atoms with Crippen LogP contribution in [0.1, 0.15) is 31.9 Å². The quantitative estimate of drug-likeness (QED) is 0.618. The number of rotatable bonds is 10. The Balaban J connectivity index is 3.16. The molecule has 0 aromatic heterocycles. The van der Waals surface area contributed by atoms with Crippen LogP contribution in [0.15, 0.2) is 12.1 Å². The van der Waals surface area contributed by atoms with Crippen molar-refractivity contribution in [1.82, 2.24) is 0 Å². The fourth-order valence-corrected chi connectivity index (χ4v) is 5.01. The average Bonchev–Trinajstić information content (AvgIpc) is 2.49. The molecule has 0 heterocycles. The maximum Gasteiger partial charge on any atom is 0.505 e. The number of methoxy groups -OCH3 is 2. The van der Waals surface area contributed by atoms with Crippen molar-refractivity contribution in [2.24, 2.45) is 0 Å². The fourth-order valence-electron chi connectivity index (χ4n) is 2.43. The van der Waals surface area contributed by atoms with Crippen LogP contribution in [0.3, 0.4) is 0 Å². The lowest BCUT2D eigenvalue weighted by molar-refractivity contribution is 0.0704. The Labute approximate surface area is 134 Å². The summed E-state index contributed by atoms with van der Waals surface area (Å²) in [6, 6.07) is 4.59. The third kappa shape index (κ3) is 4.71. The lowest BCUT2D eigenvalue weighted by atomic mass is 10.1. The summed E-state index contributed by atoms with van der Waals surface area (Å²) in [5, 5.41) is 0. The molecular formula is C16H28O5Si. The third-order valence-corrected chi connectivity index (χ3v) is 6.35. The Morgan fingerprint density at radius 2 is 1.23 bits per heavy atom. The number of benzene rings is 1. The topological polar surface area (TPSA) is 46.2 Å². The Hall–Kier alpha value is -1.08. The van der Waals surface area contributed by atoms with Gasteiger partial charge in [-0.25, -0.2) is 0 Å². The standard InChI is InChI=1S/C16H28O5Si/c1-7-19-22(20-8-2,21-9-3)12-14-10-15(17-5)13(4)16(11-14)18-6/h10-11H,7-9,12H2,1-6H3. The van der Waals surface area contributed by atoms with Gasteiger partial charge in [-0.1, -0.05) is 0 Å². The van der Waals surface area contributed by atoms with E-state index in [1.54, 1.807) is 14.2 Å². The zero-order valence-corrected chi connectivity index (χ0v) is 15.5. The molecule has 0 saturated heterocycles. The van der Waals surface area contributed by atoms with E-state index in [1.165, 1.54) is 0 Å². The molecule has 22 heavy (non-hydrogen) atoms. The van der Waals surface area contributed by atoms with Crippen LogP contribution in [0.25, 0.3) is 0 Å². The van der Waals surface area contributed by atoms with E-state index >= 15 is 0 Å². The zero-order valence-electron chi connectivity index (χ0n) is 14.5. The van der Waals surface area contributed by atoms with Crippen LogP contribution in [0, 0.1) is 6.92 Å². The highest BCUT2D eigenvalue weighted by Crippen LogP contribution is 2.31. The van der Waals surface area contributed by atoms with Gasteiger partial charge < -0.3 is 22.8 Å². The Kier molecular flexibility index (Phi) is 7.88. The van der Waals surface area contributed by atoms with Gasteiger partial charge in [-0.3, -0.25) is 0 Å². The monoisotopic (exact) mass is 328 g/mol. The second-order valence-corrected chi connectivity index (χ2v) is 7.37. The van der Waals surface area contributed by atoms with Gasteiger partial charge in [0, 0.05) is 31.4 Å². The van der Waals surface area contributed by atoms with Crippen molar-refractivity contribution in [2.75, 3.05) is 34.0 Å². The number of hydrogen-bond donors (Lipinski definition) is 0. The first-order valence-electron chi connectivity index (χ1n) is 7.69. The van der Waals surface area contributed by atoms with Crippen LogP contribution in [0.5, 0.6) is 11.5 Å². The second kappa shape index (κ2) is 9.15. The molecule has 1 aromatic carbocycles. The van der Waals surface area contributed by atoms with Gasteiger partial charge in [-0.05, 0) is 45.4 Å². The van der Waals surface area contributed by atoms with Crippen LogP contribution >= 0.6 is 0 Å². The summed E-state index contributed by atoms with van der Waals surface area (Å²) >= 11 is 0. The van der Waals surface area contributed by atoms with Gasteiger partial charge >= 0.3 is 8.80 Å². The van der Waals surface area contributed by atoms with E-state index in [4.69, 9.17) is 22.8 Å². The smallest absolute Gasteiger partial charge is 0.496 e. The molecule has 0 radical (unpaired) electrons. The average molecular weight is 328 g/mol. The van der Waals surface area contributed by atoms with E-state index in [-0.39, 0.29) is 0 Å². The molecule has 6 heteroatoms. The van der Waals surface area contributed by atoms with Crippen LogP contribution < -0.4 is 9.47 Å². The predicted octanol–water partition coefficient (Wildman–Crippen LogP) is 3.14. The summed E-state index contributed by atoms with van der Waals surface area (Å²) < 4.78 is 28.6. The first-order chi connectivity index (χ1) is 10.6. The summed E-state index contributed by atoms with van der Waals surface area (Å²) in [7, 11) is 0.577. The van der Waals surface area contributed by atoms with Gasteiger partial charge in [0.2, 0.25) is 0 Å². The van der Waals surface area contributed by atoms with E-state index in [0.29, 0.717) is 25.9 Å². The maximum absolute atomic E-state index is 5.90. The lowest BCUT2D eigenvalue weighted by Gasteiger charge is -2.28. The third-order valence-electron chi connectivity index (χ3n) is 3.33. The molecule has 0 atom stereocenters. The summed E-state index contributed by atoms with van der Waals surface area (Å²) in [6.07, 6.45) is 0. The normalized spacial score (nSPS) is 11.5. The van der Waals surface area contributed by atoms with Gasteiger partial charge in [0.25, 0.3) is 0 Å². The fraction of sp³-hybridized carbons (Fsp3) is 0.625. The molecule has 0 aliphatic rings. The molecule has 5 nitrogen and oxygen atoms in total. The number of ether oxygens (including phenoxy) is 2. The van der Waals surface area contributed by atoms with E-state index in [9.17, 15) is 0 Å². The predicted molar refractivity (Wildman–Crippen MR) is 88.6 cm³/mol. The van der Waals surface area contributed by atoms with Gasteiger partial charge in [-0.15, -0.1) is 0 Å². The minimum absolute atomic E-state index is 0.562. The van der Waals surface area contributed by atoms with Crippen molar-refractivity contribution in [3.8, 4) is 11.5 Å². The van der Waals surface area contributed by atoms with E-state index < -0.39 is 8.80 Å². The highest BCUT2D eigenvalue weighted by atomic mass is 28.4. The van der Waals surface area contributed by atoms with Gasteiger partial charge in [0.15, 0.2) is 0 Å². The van der Waals surface area contributed by atoms with Crippen molar-refractivity contribution in [2.45, 2.75) is 33.7 Å². The Morgan fingerprint density at radius 3 is 1.55 bits per heavy atom. The summed E-state index contributed by atoms with van der Waals surface area (Å²) in [5.41, 5.74) is 2.01. The lowest BCUT2D eigenvalue weighted by Crippen LogP contribution is -2.48. The molecule has 126 valence electrons. The van der Waals surface area contributed by atoms with E-state index in [2.05, 4.69) is 0 Å². The van der Waals surface area contributed by atoms with Crippen LogP contribution in [-0.4, -0.2) is 42.8 Å². The Bertz CT molecular complexity index is 422. The van der Waals surface area contributed by atoms with Gasteiger partial charge in [0.05, 0.1) is 14.2 Å². The summed E-state index contributed by atoms with van der Waals surface area (Å²) in [5.74, 6) is 1.59. The molecule has 1 rings (SSSR count). The zero-order chi connectivity index (χ0) is 16.6. The van der Waals surface area contributed by atoms with Crippen molar-refractivity contribution in [3.05, 3.63) is 23.3 Å². The highest BCUT2D eigenvalue weighted by Gasteiger charge is 2.41. The summed E-state index contributed by atoms with van der Waals surface area (Å²) in [6.45, 7) is 9.52. The second-order valence-electron chi connectivity index (χ2n) is 4.78. The molecule has 0 fully saturated rings. The van der Waals surface area contributed by atoms with Crippen molar-refractivity contribution >= 4 is 8.80 Å². The van der Waals surface area contributed by atoms with Crippen molar-refractivity contribution < 1.29 is 22.8 Å². The highest BCUT2D eigenvalue weighted by molar-refractivity contribution is 6.60. The van der Waals surface area contributed by atoms with Gasteiger partial charge in [-0.2, -0.15) is 0 Å². The summed E-state index contributed by atoms with van der Waals surface area (Å²) in [4.78, 5) is 0. The minimum Gasteiger partial charge on any atom is -0.496 e. The molecule has 0 spiro atoms. The largest absolute Gasteiger partial charge is 0.505 e. The van der Waals surface area contributed by atoms with Gasteiger partial charge in [0.1, 0.15) is 11.5 Å². The first kappa shape index (κ1) is 19.0. The molecule has 0 unspecified atom stereocenters. The van der Waals surface area contributed by atoms with Crippen molar-refractivity contribution in [3.63, 3.8) is 0 Å². The van der Waals surface area contributed by atoms with Crippen molar-refractivity contribution in [1.29, 1.82) is 0 Å². The van der Waals surface area contributed by atoms with Crippen LogP contribution in [0.4, 0.5) is 0 Å². The van der Waals surface area contributed by atoms with E-state index in [0.717, 1.165) is 22.6 Å². The molecule has 0 saturated carbocycles. The van der Waals surface area contributed by atoms with Crippen LogP contribution in [-0.2, 0) is 19.3 Å². The molecule has 0 amide bonds. The molecule has 0 aliphatic heterocycles. The number of hydrogen-bond acceptors (Lipinski definition) is 5. The van der Waals surface area contributed by atoms with E-state index in [1.807, 2.05) is 39.8 Å².